The zero-order chi connectivity index (χ0) is 25.2. The van der Waals surface area contributed by atoms with Gasteiger partial charge in [-0.15, -0.1) is 0 Å². The van der Waals surface area contributed by atoms with E-state index in [0.717, 1.165) is 12.5 Å². The maximum atomic E-state index is 13.2. The van der Waals surface area contributed by atoms with Crippen LogP contribution in [0.25, 0.3) is 10.9 Å². The molecular weight excluding hydrogens is 487 g/mol. The van der Waals surface area contributed by atoms with E-state index in [1.807, 2.05) is 37.3 Å². The van der Waals surface area contributed by atoms with E-state index in [0.29, 0.717) is 19.0 Å². The first-order valence-electron chi connectivity index (χ1n) is 10.8. The first-order valence-corrected chi connectivity index (χ1v) is 11.2. The van der Waals surface area contributed by atoms with Crippen LogP contribution >= 0.6 is 11.6 Å². The van der Waals surface area contributed by atoms with Gasteiger partial charge in [0.2, 0.25) is 12.2 Å². The van der Waals surface area contributed by atoms with Crippen LogP contribution in [0.4, 0.5) is 19.0 Å². The van der Waals surface area contributed by atoms with Crippen LogP contribution in [0.15, 0.2) is 53.8 Å². The number of fused-ring (bicyclic) bond motifs is 1. The van der Waals surface area contributed by atoms with Crippen molar-refractivity contribution in [2.24, 2.45) is 5.10 Å². The number of hydrazone groups is 1. The Balaban J connectivity index is 1.65. The van der Waals surface area contributed by atoms with Crippen LogP contribution in [0.3, 0.4) is 0 Å². The summed E-state index contributed by atoms with van der Waals surface area (Å²) in [5.41, 5.74) is 1.22. The Morgan fingerprint density at radius 1 is 1.17 bits per heavy atom. The monoisotopic (exact) mass is 509 g/mol. The molecule has 1 aromatic carbocycles. The number of halogens is 4. The van der Waals surface area contributed by atoms with E-state index in [1.165, 1.54) is 23.3 Å². The molecular formula is C23H23ClF3N5O3. The number of anilines is 1. The maximum Gasteiger partial charge on any atom is 0.425 e. The summed E-state index contributed by atoms with van der Waals surface area (Å²) in [5, 5.41) is 16.8. The number of ether oxygens (including phenoxy) is 2. The van der Waals surface area contributed by atoms with Crippen LogP contribution in [0.5, 0.6) is 5.88 Å². The van der Waals surface area contributed by atoms with Crippen LogP contribution in [0.2, 0.25) is 5.02 Å². The van der Waals surface area contributed by atoms with Crippen LogP contribution in [-0.2, 0) is 11.3 Å². The van der Waals surface area contributed by atoms with Gasteiger partial charge in [0.15, 0.2) is 17.8 Å². The first-order chi connectivity index (χ1) is 16.7. The normalized spacial score (nSPS) is 17.1. The van der Waals surface area contributed by atoms with Crippen molar-refractivity contribution >= 4 is 34.2 Å². The zero-order valence-corrected chi connectivity index (χ0v) is 19.7. The van der Waals surface area contributed by atoms with E-state index >= 15 is 0 Å². The van der Waals surface area contributed by atoms with Crippen molar-refractivity contribution in [2.45, 2.75) is 39.1 Å². The fraction of sp³-hybridized carbons (Fsp3) is 0.348. The molecule has 8 nitrogen and oxygen atoms in total. The highest BCUT2D eigenvalue weighted by Gasteiger charge is 2.39. The van der Waals surface area contributed by atoms with Crippen molar-refractivity contribution in [3.05, 3.63) is 59.2 Å². The molecule has 0 spiro atoms. The molecule has 1 aliphatic heterocycles. The minimum Gasteiger partial charge on any atom is -0.464 e. The van der Waals surface area contributed by atoms with E-state index in [1.54, 1.807) is 4.90 Å². The molecule has 186 valence electrons. The molecule has 1 N–H and O–H groups in total. The van der Waals surface area contributed by atoms with Crippen molar-refractivity contribution < 1.29 is 27.8 Å². The number of nitrogens with zero attached hydrogens (tertiary/aromatic N) is 5. The van der Waals surface area contributed by atoms with Gasteiger partial charge in [-0.2, -0.15) is 28.3 Å². The van der Waals surface area contributed by atoms with E-state index in [-0.39, 0.29) is 34.2 Å². The number of hydrogen-bond donors (Lipinski definition) is 1. The fourth-order valence-corrected chi connectivity index (χ4v) is 3.72. The van der Waals surface area contributed by atoms with E-state index in [9.17, 15) is 18.3 Å². The molecule has 0 bridgehead atoms. The highest BCUT2D eigenvalue weighted by Crippen LogP contribution is 2.36. The second kappa shape index (κ2) is 10.2. The molecule has 2 atom stereocenters. The maximum absolute atomic E-state index is 13.2. The summed E-state index contributed by atoms with van der Waals surface area (Å²) < 4.78 is 50.5. The summed E-state index contributed by atoms with van der Waals surface area (Å²) in [6.45, 7) is 3.54. The quantitative estimate of drug-likeness (QED) is 0.476. The summed E-state index contributed by atoms with van der Waals surface area (Å²) in [4.78, 5) is 10.00. The minimum atomic E-state index is -4.62. The third-order valence-corrected chi connectivity index (χ3v) is 5.66. The van der Waals surface area contributed by atoms with Crippen LogP contribution in [0, 0.1) is 0 Å². The molecule has 1 aliphatic rings. The number of aromatic nitrogens is 2. The van der Waals surface area contributed by atoms with Crippen molar-refractivity contribution in [3.63, 3.8) is 0 Å². The molecule has 0 saturated heterocycles. The summed E-state index contributed by atoms with van der Waals surface area (Å²) in [6.07, 6.45) is -6.61. The van der Waals surface area contributed by atoms with Gasteiger partial charge in [-0.3, -0.25) is 4.98 Å². The minimum absolute atomic E-state index is 0.0423. The van der Waals surface area contributed by atoms with Gasteiger partial charge >= 0.3 is 6.18 Å². The van der Waals surface area contributed by atoms with Crippen LogP contribution < -0.4 is 9.75 Å². The average molecular weight is 510 g/mol. The second-order valence-corrected chi connectivity index (χ2v) is 8.15. The molecule has 2 unspecified atom stereocenters. The topological polar surface area (TPSA) is 83.3 Å². The number of aliphatic hydroxyl groups excluding tert-OH is 1. The van der Waals surface area contributed by atoms with Gasteiger partial charge in [-0.25, -0.2) is 0 Å². The molecule has 3 aromatic rings. The van der Waals surface area contributed by atoms with Crippen LogP contribution in [0.1, 0.15) is 19.4 Å². The average Bonchev–Trinajstić information content (AvgIpc) is 3.14. The van der Waals surface area contributed by atoms with Gasteiger partial charge in [0, 0.05) is 18.8 Å². The molecule has 0 radical (unpaired) electrons. The number of hydrogen-bond acceptors (Lipinski definition) is 8. The Morgan fingerprint density at radius 3 is 2.60 bits per heavy atom. The molecule has 2 aromatic heterocycles. The Bertz CT molecular complexity index is 1210. The van der Waals surface area contributed by atoms with Crippen molar-refractivity contribution in [2.75, 3.05) is 18.2 Å². The number of alkyl halides is 3. The lowest BCUT2D eigenvalue weighted by Crippen LogP contribution is -2.43. The van der Waals surface area contributed by atoms with E-state index in [4.69, 9.17) is 21.1 Å². The number of aliphatic hydroxyl groups is 1. The predicted molar refractivity (Wildman–Crippen MR) is 125 cm³/mol. The summed E-state index contributed by atoms with van der Waals surface area (Å²) in [7, 11) is 0. The molecule has 4 rings (SSSR count). The number of likely N-dealkylation sites (N-methyl/N-ethyl adjacent to an activating group) is 1. The van der Waals surface area contributed by atoms with Gasteiger partial charge in [-0.1, -0.05) is 41.9 Å². The summed E-state index contributed by atoms with van der Waals surface area (Å²) >= 11 is 6.22. The third kappa shape index (κ3) is 5.42. The van der Waals surface area contributed by atoms with Crippen LogP contribution in [-0.4, -0.2) is 57.6 Å². The Kier molecular flexibility index (Phi) is 7.29. The smallest absolute Gasteiger partial charge is 0.425 e. The lowest BCUT2D eigenvalue weighted by Gasteiger charge is -2.26. The predicted octanol–water partition coefficient (Wildman–Crippen LogP) is 4.56. The lowest BCUT2D eigenvalue weighted by molar-refractivity contribution is -0.189. The molecule has 0 aliphatic carbocycles. The van der Waals surface area contributed by atoms with Gasteiger partial charge < -0.3 is 19.5 Å². The highest BCUT2D eigenvalue weighted by molar-refractivity contribution is 6.35. The van der Waals surface area contributed by atoms with Gasteiger partial charge in [0.05, 0.1) is 22.5 Å². The Morgan fingerprint density at radius 2 is 1.91 bits per heavy atom. The standard InChI is InChI=1S/C23H23ClF3N5O3/c1-3-31-19(13-34-12-15-7-5-4-6-8-15)30-32(22(31)33)18-11-17-20(16(24)9-10-28-17)21(29-18)35-14(2)23(25,26)27/h4-11,14,22,33H,3,12-13H2,1-2H3. The Hall–Kier alpha value is -3.15. The zero-order valence-electron chi connectivity index (χ0n) is 18.9. The highest BCUT2D eigenvalue weighted by atomic mass is 35.5. The van der Waals surface area contributed by atoms with Gasteiger partial charge in [-0.05, 0) is 25.5 Å². The molecule has 0 amide bonds. The number of benzene rings is 1. The Labute approximate surface area is 204 Å². The van der Waals surface area contributed by atoms with E-state index < -0.39 is 18.6 Å². The summed E-state index contributed by atoms with van der Waals surface area (Å²) in [5.74, 6) is 0.114. The number of rotatable bonds is 8. The van der Waals surface area contributed by atoms with Crippen molar-refractivity contribution in [3.8, 4) is 5.88 Å². The summed E-state index contributed by atoms with van der Waals surface area (Å²) in [6, 6.07) is 12.5. The second-order valence-electron chi connectivity index (χ2n) is 7.75. The SMILES string of the molecule is CCN1C(COCc2ccccc2)=NN(c2cc3nccc(Cl)c3c(OC(C)C(F)(F)F)n2)C1O. The molecule has 3 heterocycles. The number of pyridine rings is 2. The van der Waals surface area contributed by atoms with Gasteiger partial charge in [0.1, 0.15) is 6.61 Å². The molecule has 12 heteroatoms. The number of amidine groups is 1. The van der Waals surface area contributed by atoms with Crippen molar-refractivity contribution in [1.82, 2.24) is 14.9 Å². The fourth-order valence-electron chi connectivity index (χ4n) is 3.49. The molecule has 35 heavy (non-hydrogen) atoms. The lowest BCUT2D eigenvalue weighted by atomic mass is 10.2. The molecule has 0 fully saturated rings. The van der Waals surface area contributed by atoms with E-state index in [2.05, 4.69) is 15.1 Å². The van der Waals surface area contributed by atoms with Gasteiger partial charge in [0.25, 0.3) is 0 Å². The molecule has 0 saturated carbocycles. The first kappa shape index (κ1) is 25.0. The third-order valence-electron chi connectivity index (χ3n) is 5.34. The largest absolute Gasteiger partial charge is 0.464 e. The van der Waals surface area contributed by atoms with Crippen molar-refractivity contribution in [1.29, 1.82) is 0 Å².